The highest BCUT2D eigenvalue weighted by atomic mass is 16.3. The Morgan fingerprint density at radius 3 is 1.54 bits per heavy atom. The lowest BCUT2D eigenvalue weighted by molar-refractivity contribution is 0.660. The third-order valence-electron chi connectivity index (χ3n) is 9.35. The minimum absolute atomic E-state index is 0.00684. The molecule has 0 saturated carbocycles. The van der Waals surface area contributed by atoms with E-state index < -0.39 is 0 Å². The first-order valence-electron chi connectivity index (χ1n) is 15.6. The maximum Gasteiger partial charge on any atom is 0.164 e. The van der Waals surface area contributed by atoms with Crippen LogP contribution in [0.2, 0.25) is 0 Å². The van der Waals surface area contributed by atoms with Crippen LogP contribution in [0, 0.1) is 0 Å². The first kappa shape index (κ1) is 26.5. The van der Waals surface area contributed by atoms with Crippen molar-refractivity contribution in [1.29, 1.82) is 0 Å². The van der Waals surface area contributed by atoms with Gasteiger partial charge in [-0.25, -0.2) is 15.0 Å². The highest BCUT2D eigenvalue weighted by molar-refractivity contribution is 6.07. The van der Waals surface area contributed by atoms with Crippen molar-refractivity contribution in [3.63, 3.8) is 0 Å². The summed E-state index contributed by atoms with van der Waals surface area (Å²) in [5.74, 6) is 1.88. The average Bonchev–Trinajstić information content (AvgIpc) is 3.59. The van der Waals surface area contributed by atoms with Crippen LogP contribution in [0.4, 0.5) is 0 Å². The number of hydrogen-bond acceptors (Lipinski definition) is 4. The van der Waals surface area contributed by atoms with Gasteiger partial charge in [-0.3, -0.25) is 0 Å². The maximum atomic E-state index is 6.52. The summed E-state index contributed by atoms with van der Waals surface area (Å²) in [6, 6.07) is 48.5. The van der Waals surface area contributed by atoms with Crippen molar-refractivity contribution in [3.8, 4) is 56.4 Å². The van der Waals surface area contributed by atoms with E-state index in [9.17, 15) is 0 Å². The van der Waals surface area contributed by atoms with Crippen LogP contribution < -0.4 is 0 Å². The number of hydrogen-bond donors (Lipinski definition) is 0. The fourth-order valence-corrected chi connectivity index (χ4v) is 6.93. The van der Waals surface area contributed by atoms with Crippen molar-refractivity contribution in [2.45, 2.75) is 19.3 Å². The van der Waals surface area contributed by atoms with Crippen LogP contribution in [0.25, 0.3) is 78.4 Å². The van der Waals surface area contributed by atoms with E-state index in [1.807, 2.05) is 66.7 Å². The maximum absolute atomic E-state index is 6.52. The van der Waals surface area contributed by atoms with Crippen LogP contribution in [-0.2, 0) is 5.41 Å². The molecule has 1 aliphatic rings. The van der Waals surface area contributed by atoms with E-state index in [2.05, 4.69) is 86.6 Å². The van der Waals surface area contributed by atoms with Crippen LogP contribution in [-0.4, -0.2) is 15.0 Å². The number of benzene rings is 6. The van der Waals surface area contributed by atoms with Gasteiger partial charge in [0.1, 0.15) is 11.2 Å². The second-order valence-electron chi connectivity index (χ2n) is 12.5. The molecular weight excluding hydrogens is 562 g/mol. The molecule has 2 heterocycles. The van der Waals surface area contributed by atoms with Gasteiger partial charge in [-0.05, 0) is 63.7 Å². The molecule has 8 aromatic rings. The fraction of sp³-hybridized carbons (Fsp3) is 0.0714. The smallest absolute Gasteiger partial charge is 0.164 e. The number of furan rings is 1. The van der Waals surface area contributed by atoms with E-state index in [-0.39, 0.29) is 5.41 Å². The second kappa shape index (κ2) is 10.1. The van der Waals surface area contributed by atoms with Gasteiger partial charge in [0.25, 0.3) is 0 Å². The third-order valence-corrected chi connectivity index (χ3v) is 9.35. The Morgan fingerprint density at radius 2 is 0.891 bits per heavy atom. The van der Waals surface area contributed by atoms with E-state index in [4.69, 9.17) is 19.4 Å². The van der Waals surface area contributed by atoms with Gasteiger partial charge in [0.15, 0.2) is 17.5 Å². The molecule has 6 aromatic carbocycles. The predicted molar refractivity (Wildman–Crippen MR) is 186 cm³/mol. The largest absolute Gasteiger partial charge is 0.456 e. The van der Waals surface area contributed by atoms with Crippen LogP contribution >= 0.6 is 0 Å². The Morgan fingerprint density at radius 1 is 0.413 bits per heavy atom. The second-order valence-corrected chi connectivity index (χ2v) is 12.5. The summed E-state index contributed by atoms with van der Waals surface area (Å²) < 4.78 is 6.52. The van der Waals surface area contributed by atoms with Gasteiger partial charge in [0, 0.05) is 32.9 Å². The van der Waals surface area contributed by atoms with E-state index >= 15 is 0 Å². The minimum Gasteiger partial charge on any atom is -0.456 e. The van der Waals surface area contributed by atoms with Crippen LogP contribution in [0.3, 0.4) is 0 Å². The normalized spacial score (nSPS) is 13.2. The predicted octanol–water partition coefficient (Wildman–Crippen LogP) is 10.7. The Labute approximate surface area is 267 Å². The van der Waals surface area contributed by atoms with Crippen molar-refractivity contribution in [2.75, 3.05) is 0 Å². The lowest BCUT2D eigenvalue weighted by Gasteiger charge is -2.21. The molecule has 0 spiro atoms. The molecule has 0 bridgehead atoms. The number of aromatic nitrogens is 3. The Balaban J connectivity index is 1.13. The zero-order valence-corrected chi connectivity index (χ0v) is 25.5. The molecule has 46 heavy (non-hydrogen) atoms. The van der Waals surface area contributed by atoms with Gasteiger partial charge in [-0.15, -0.1) is 0 Å². The third kappa shape index (κ3) is 4.18. The first-order chi connectivity index (χ1) is 22.5. The van der Waals surface area contributed by atoms with E-state index in [0.29, 0.717) is 17.5 Å². The zero-order valence-electron chi connectivity index (χ0n) is 25.5. The first-order valence-corrected chi connectivity index (χ1v) is 15.6. The molecule has 0 atom stereocenters. The number of fused-ring (bicyclic) bond motifs is 6. The summed E-state index contributed by atoms with van der Waals surface area (Å²) in [5.41, 5.74) is 12.1. The summed E-state index contributed by atoms with van der Waals surface area (Å²) in [6.45, 7) is 4.63. The molecule has 4 nitrogen and oxygen atoms in total. The molecule has 0 N–H and O–H groups in total. The van der Waals surface area contributed by atoms with Crippen molar-refractivity contribution < 1.29 is 4.42 Å². The molecule has 2 aromatic heterocycles. The molecule has 0 fully saturated rings. The van der Waals surface area contributed by atoms with E-state index in [1.165, 1.54) is 27.8 Å². The lowest BCUT2D eigenvalue weighted by atomic mass is 9.82. The van der Waals surface area contributed by atoms with Gasteiger partial charge in [-0.1, -0.05) is 123 Å². The molecule has 0 aliphatic heterocycles. The average molecular weight is 592 g/mol. The van der Waals surface area contributed by atoms with Crippen molar-refractivity contribution in [3.05, 3.63) is 151 Å². The van der Waals surface area contributed by atoms with Crippen LogP contribution in [0.1, 0.15) is 25.0 Å². The summed E-state index contributed by atoms with van der Waals surface area (Å²) >= 11 is 0. The van der Waals surface area contributed by atoms with Crippen molar-refractivity contribution in [2.24, 2.45) is 0 Å². The van der Waals surface area contributed by atoms with Gasteiger partial charge < -0.3 is 4.42 Å². The Bertz CT molecular complexity index is 2380. The molecule has 0 amide bonds. The quantitative estimate of drug-likeness (QED) is 0.204. The molecule has 0 unspecified atom stereocenters. The van der Waals surface area contributed by atoms with Gasteiger partial charge in [0.05, 0.1) is 0 Å². The van der Waals surface area contributed by atoms with Gasteiger partial charge in [0.2, 0.25) is 0 Å². The van der Waals surface area contributed by atoms with E-state index in [1.54, 1.807) is 0 Å². The SMILES string of the molecule is CC1(C)c2ccccc2-c2cc(-c3ccc4c(c3)oc3cc(-c5nc(-c6ccccc6)nc(-c6ccccc6)n5)ccc34)ccc21. The van der Waals surface area contributed by atoms with E-state index in [0.717, 1.165) is 44.2 Å². The Kier molecular flexibility index (Phi) is 5.81. The molecule has 0 radical (unpaired) electrons. The highest BCUT2D eigenvalue weighted by Gasteiger charge is 2.35. The summed E-state index contributed by atoms with van der Waals surface area (Å²) in [4.78, 5) is 14.6. The summed E-state index contributed by atoms with van der Waals surface area (Å²) in [7, 11) is 0. The standard InChI is InChI=1S/C42H29N3O/c1-42(2)35-16-10-9-15-31(35)34-23-28(19-22-36(34)42)29-17-20-32-33-21-18-30(25-38(33)46-37(32)24-29)41-44-39(26-11-5-3-6-12-26)43-40(45-41)27-13-7-4-8-14-27/h3-25H,1-2H3. The summed E-state index contributed by atoms with van der Waals surface area (Å²) in [5, 5.41) is 2.15. The van der Waals surface area contributed by atoms with Gasteiger partial charge >= 0.3 is 0 Å². The molecular formula is C42H29N3O. The lowest BCUT2D eigenvalue weighted by Crippen LogP contribution is -2.14. The highest BCUT2D eigenvalue weighted by Crippen LogP contribution is 2.49. The fourth-order valence-electron chi connectivity index (χ4n) is 6.93. The number of nitrogens with zero attached hydrogens (tertiary/aromatic N) is 3. The molecule has 1 aliphatic carbocycles. The Hall–Kier alpha value is -5.87. The topological polar surface area (TPSA) is 51.8 Å². The zero-order chi connectivity index (χ0) is 30.8. The molecule has 4 heteroatoms. The number of rotatable bonds is 4. The van der Waals surface area contributed by atoms with Gasteiger partial charge in [-0.2, -0.15) is 0 Å². The molecule has 0 saturated heterocycles. The monoisotopic (exact) mass is 591 g/mol. The minimum atomic E-state index is -0.00684. The molecule has 9 rings (SSSR count). The van der Waals surface area contributed by atoms with Crippen LogP contribution in [0.15, 0.2) is 144 Å². The van der Waals surface area contributed by atoms with Crippen molar-refractivity contribution in [1.82, 2.24) is 15.0 Å². The summed E-state index contributed by atoms with van der Waals surface area (Å²) in [6.07, 6.45) is 0. The van der Waals surface area contributed by atoms with Crippen molar-refractivity contribution >= 4 is 21.9 Å². The molecule has 218 valence electrons. The van der Waals surface area contributed by atoms with Crippen LogP contribution in [0.5, 0.6) is 0 Å².